The monoisotopic (exact) mass is 399 g/mol. The number of aryl methyl sites for hydroxylation is 2. The van der Waals surface area contributed by atoms with Crippen molar-refractivity contribution in [1.29, 1.82) is 0 Å². The number of methoxy groups -OCH3 is 1. The van der Waals surface area contributed by atoms with E-state index in [1.54, 1.807) is 19.2 Å². The Bertz CT molecular complexity index is 962. The van der Waals surface area contributed by atoms with Crippen LogP contribution in [0.1, 0.15) is 21.6 Å². The smallest absolute Gasteiger partial charge is 0.355 e. The Morgan fingerprint density at radius 2 is 1.75 bits per heavy atom. The molecule has 1 N–H and O–H groups in total. The number of hydrogen-bond acceptors (Lipinski definition) is 6. The van der Waals surface area contributed by atoms with Gasteiger partial charge in [0.1, 0.15) is 35.5 Å². The third kappa shape index (κ3) is 4.80. The number of carboxylic acid groups (broad SMARTS) is 1. The van der Waals surface area contributed by atoms with E-state index in [2.05, 4.69) is 11.1 Å². The van der Waals surface area contributed by atoms with Crippen molar-refractivity contribution in [3.8, 4) is 27.8 Å². The fraction of sp³-hybridized carbons (Fsp3) is 0.238. The standard InChI is InChI=1S/C21H21NO5S/c1-13-8-14(2)10-16(9-13)26-6-7-27-19-11-15(25-3)4-5-17(19)20-22-18(12-28-20)21(23)24/h4-5,8-12H,6-7H2,1-3H3,(H,23,24). The average molecular weight is 399 g/mol. The maximum Gasteiger partial charge on any atom is 0.355 e. The van der Waals surface area contributed by atoms with Crippen molar-refractivity contribution in [2.45, 2.75) is 13.8 Å². The molecule has 0 saturated carbocycles. The molecule has 2 aromatic carbocycles. The van der Waals surface area contributed by atoms with Gasteiger partial charge in [-0.2, -0.15) is 0 Å². The number of nitrogens with zero attached hydrogens (tertiary/aromatic N) is 1. The van der Waals surface area contributed by atoms with Crippen molar-refractivity contribution in [3.63, 3.8) is 0 Å². The quantitative estimate of drug-likeness (QED) is 0.558. The van der Waals surface area contributed by atoms with E-state index in [4.69, 9.17) is 19.3 Å². The molecule has 0 aliphatic rings. The van der Waals surface area contributed by atoms with Gasteiger partial charge < -0.3 is 19.3 Å². The third-order valence-corrected chi connectivity index (χ3v) is 4.82. The second-order valence-electron chi connectivity index (χ2n) is 6.23. The van der Waals surface area contributed by atoms with Gasteiger partial charge in [-0.25, -0.2) is 9.78 Å². The summed E-state index contributed by atoms with van der Waals surface area (Å²) in [4.78, 5) is 15.3. The van der Waals surface area contributed by atoms with Gasteiger partial charge in [-0.1, -0.05) is 6.07 Å². The maximum absolute atomic E-state index is 11.1. The highest BCUT2D eigenvalue weighted by atomic mass is 32.1. The minimum absolute atomic E-state index is 0.0138. The molecule has 1 aromatic heterocycles. The Hall–Kier alpha value is -3.06. The van der Waals surface area contributed by atoms with Gasteiger partial charge in [-0.15, -0.1) is 11.3 Å². The minimum atomic E-state index is -1.06. The molecule has 3 aromatic rings. The summed E-state index contributed by atoms with van der Waals surface area (Å²) in [6.45, 7) is 4.75. The molecule has 0 radical (unpaired) electrons. The predicted molar refractivity (Wildman–Crippen MR) is 108 cm³/mol. The van der Waals surface area contributed by atoms with Crippen LogP contribution in [0, 0.1) is 13.8 Å². The van der Waals surface area contributed by atoms with E-state index in [0.29, 0.717) is 35.3 Å². The number of carboxylic acids is 1. The van der Waals surface area contributed by atoms with Crippen LogP contribution in [-0.4, -0.2) is 36.4 Å². The lowest BCUT2D eigenvalue weighted by molar-refractivity contribution is 0.0691. The summed E-state index contributed by atoms with van der Waals surface area (Å²) in [5.41, 5.74) is 3.01. The van der Waals surface area contributed by atoms with Gasteiger partial charge in [-0.3, -0.25) is 0 Å². The Morgan fingerprint density at radius 1 is 1.04 bits per heavy atom. The largest absolute Gasteiger partial charge is 0.497 e. The summed E-state index contributed by atoms with van der Waals surface area (Å²) in [7, 11) is 1.58. The lowest BCUT2D eigenvalue weighted by Gasteiger charge is -2.13. The van der Waals surface area contributed by atoms with Crippen molar-refractivity contribution in [2.75, 3.05) is 20.3 Å². The fourth-order valence-electron chi connectivity index (χ4n) is 2.75. The van der Waals surface area contributed by atoms with E-state index in [-0.39, 0.29) is 5.69 Å². The lowest BCUT2D eigenvalue weighted by atomic mass is 10.1. The maximum atomic E-state index is 11.1. The van der Waals surface area contributed by atoms with Crippen molar-refractivity contribution in [3.05, 3.63) is 58.6 Å². The highest BCUT2D eigenvalue weighted by molar-refractivity contribution is 7.13. The second-order valence-corrected chi connectivity index (χ2v) is 7.08. The number of hydrogen-bond donors (Lipinski definition) is 1. The molecule has 1 heterocycles. The number of ether oxygens (including phenoxy) is 3. The molecular formula is C21H21NO5S. The zero-order valence-corrected chi connectivity index (χ0v) is 16.7. The molecule has 0 spiro atoms. The van der Waals surface area contributed by atoms with Crippen LogP contribution < -0.4 is 14.2 Å². The molecule has 0 fully saturated rings. The summed E-state index contributed by atoms with van der Waals surface area (Å²) < 4.78 is 16.9. The molecule has 0 saturated heterocycles. The molecule has 0 aliphatic heterocycles. The highest BCUT2D eigenvalue weighted by Gasteiger charge is 2.15. The van der Waals surface area contributed by atoms with Crippen molar-refractivity contribution < 1.29 is 24.1 Å². The summed E-state index contributed by atoms with van der Waals surface area (Å²) in [6.07, 6.45) is 0. The third-order valence-electron chi connectivity index (χ3n) is 3.95. The SMILES string of the molecule is COc1ccc(-c2nc(C(=O)O)cs2)c(OCCOc2cc(C)cc(C)c2)c1. The fourth-order valence-corrected chi connectivity index (χ4v) is 3.57. The van der Waals surface area contributed by atoms with E-state index in [0.717, 1.165) is 16.9 Å². The van der Waals surface area contributed by atoms with Crippen molar-refractivity contribution in [1.82, 2.24) is 4.98 Å². The highest BCUT2D eigenvalue weighted by Crippen LogP contribution is 2.35. The van der Waals surface area contributed by atoms with Crippen molar-refractivity contribution >= 4 is 17.3 Å². The van der Waals surface area contributed by atoms with Crippen LogP contribution >= 0.6 is 11.3 Å². The van der Waals surface area contributed by atoms with Crippen LogP contribution in [0.25, 0.3) is 10.6 Å². The van der Waals surface area contributed by atoms with E-state index in [1.807, 2.05) is 32.0 Å². The Balaban J connectivity index is 1.71. The predicted octanol–water partition coefficient (Wildman–Crippen LogP) is 4.59. The molecule has 0 bridgehead atoms. The van der Waals surface area contributed by atoms with Crippen LogP contribution in [0.4, 0.5) is 0 Å². The number of aromatic nitrogens is 1. The van der Waals surface area contributed by atoms with Gasteiger partial charge in [0, 0.05) is 11.4 Å². The zero-order valence-electron chi connectivity index (χ0n) is 15.9. The molecule has 146 valence electrons. The molecule has 0 amide bonds. The lowest BCUT2D eigenvalue weighted by Crippen LogP contribution is -2.10. The van der Waals surface area contributed by atoms with Gasteiger partial charge >= 0.3 is 5.97 Å². The summed E-state index contributed by atoms with van der Waals surface area (Å²) in [6, 6.07) is 11.4. The first-order valence-electron chi connectivity index (χ1n) is 8.67. The second kappa shape index (κ2) is 8.75. The Kier molecular flexibility index (Phi) is 6.16. The van der Waals surface area contributed by atoms with Crippen LogP contribution in [-0.2, 0) is 0 Å². The van der Waals surface area contributed by atoms with E-state index >= 15 is 0 Å². The first kappa shape index (κ1) is 19.7. The van der Waals surface area contributed by atoms with Crippen LogP contribution in [0.5, 0.6) is 17.2 Å². The Morgan fingerprint density at radius 3 is 2.39 bits per heavy atom. The molecular weight excluding hydrogens is 378 g/mol. The first-order valence-corrected chi connectivity index (χ1v) is 9.55. The van der Waals surface area contributed by atoms with Gasteiger partial charge in [0.2, 0.25) is 0 Å². The van der Waals surface area contributed by atoms with Crippen LogP contribution in [0.15, 0.2) is 41.8 Å². The van der Waals surface area contributed by atoms with E-state index in [1.165, 1.54) is 16.7 Å². The number of rotatable bonds is 8. The van der Waals surface area contributed by atoms with Gasteiger partial charge in [0.15, 0.2) is 5.69 Å². The zero-order chi connectivity index (χ0) is 20.1. The summed E-state index contributed by atoms with van der Waals surface area (Å²) >= 11 is 1.25. The topological polar surface area (TPSA) is 77.9 Å². The number of carbonyl (C=O) groups is 1. The summed E-state index contributed by atoms with van der Waals surface area (Å²) in [5, 5.41) is 11.2. The molecule has 3 rings (SSSR count). The number of thiazole rings is 1. The number of benzene rings is 2. The van der Waals surface area contributed by atoms with E-state index < -0.39 is 5.97 Å². The number of aromatic carboxylic acids is 1. The normalized spacial score (nSPS) is 10.5. The van der Waals surface area contributed by atoms with Gasteiger partial charge in [0.05, 0.1) is 12.7 Å². The summed E-state index contributed by atoms with van der Waals surface area (Å²) in [5.74, 6) is 0.956. The molecule has 0 unspecified atom stereocenters. The molecule has 28 heavy (non-hydrogen) atoms. The Labute approximate surface area is 167 Å². The van der Waals surface area contributed by atoms with Gasteiger partial charge in [0.25, 0.3) is 0 Å². The van der Waals surface area contributed by atoms with Gasteiger partial charge in [-0.05, 0) is 49.2 Å². The first-order chi connectivity index (χ1) is 13.5. The molecule has 0 aliphatic carbocycles. The van der Waals surface area contributed by atoms with Crippen LogP contribution in [0.3, 0.4) is 0 Å². The molecule has 6 nitrogen and oxygen atoms in total. The van der Waals surface area contributed by atoms with E-state index in [9.17, 15) is 4.79 Å². The molecule has 0 atom stereocenters. The van der Waals surface area contributed by atoms with Crippen LogP contribution in [0.2, 0.25) is 0 Å². The minimum Gasteiger partial charge on any atom is -0.497 e. The average Bonchev–Trinajstić information content (AvgIpc) is 3.14. The molecule has 7 heteroatoms. The van der Waals surface area contributed by atoms with Crippen molar-refractivity contribution in [2.24, 2.45) is 0 Å².